The van der Waals surface area contributed by atoms with E-state index in [1.165, 1.54) is 6.20 Å². The average molecular weight is 483 g/mol. The van der Waals surface area contributed by atoms with Crippen molar-refractivity contribution in [2.24, 2.45) is 0 Å². The molecule has 10 nitrogen and oxygen atoms in total. The highest BCUT2D eigenvalue weighted by Crippen LogP contribution is 2.37. The fraction of sp³-hybridized carbons (Fsp3) is 0.625. The maximum atomic E-state index is 12.6. The van der Waals surface area contributed by atoms with Crippen LogP contribution in [0.2, 0.25) is 0 Å². The molecule has 0 spiro atoms. The second kappa shape index (κ2) is 9.01. The molecule has 2 fully saturated rings. The topological polar surface area (TPSA) is 110 Å². The van der Waals surface area contributed by atoms with Gasteiger partial charge in [0.2, 0.25) is 0 Å². The molecule has 0 aromatic carbocycles. The Morgan fingerprint density at radius 2 is 2.00 bits per heavy atom. The number of nitriles is 1. The van der Waals surface area contributed by atoms with E-state index in [1.54, 1.807) is 15.6 Å². The van der Waals surface area contributed by atoms with Crippen LogP contribution < -0.4 is 15.5 Å². The van der Waals surface area contributed by atoms with Gasteiger partial charge in [-0.25, -0.2) is 9.31 Å². The molecule has 2 aromatic rings. The van der Waals surface area contributed by atoms with Crippen molar-refractivity contribution in [1.82, 2.24) is 19.8 Å². The summed E-state index contributed by atoms with van der Waals surface area (Å²) in [7, 11) is -0.683. The first kappa shape index (κ1) is 25.3. The molecule has 1 N–H and O–H groups in total. The number of nitrogens with zero attached hydrogens (tertiary/aromatic N) is 4. The molecule has 0 aliphatic carbocycles. The van der Waals surface area contributed by atoms with Crippen molar-refractivity contribution in [3.8, 4) is 11.8 Å². The molecule has 4 rings (SSSR count). The normalized spacial score (nSPS) is 21.7. The van der Waals surface area contributed by atoms with Gasteiger partial charge in [0.05, 0.1) is 47.8 Å². The largest absolute Gasteiger partial charge is 0.497 e. The highest BCUT2D eigenvalue weighted by atomic mass is 16.7. The molecule has 4 heterocycles. The SMILES string of the molecule is CC(C)(C)NC(=O)N1CCO[C@@H](COc2cc(B3OC(C)(C)C(C)(C)O3)c3c(C#N)cnn3c2)C1. The van der Waals surface area contributed by atoms with Gasteiger partial charge >= 0.3 is 13.1 Å². The Morgan fingerprint density at radius 1 is 1.31 bits per heavy atom. The number of aromatic nitrogens is 2. The van der Waals surface area contributed by atoms with Crippen molar-refractivity contribution in [1.29, 1.82) is 5.26 Å². The third-order valence-corrected chi connectivity index (χ3v) is 6.59. The lowest BCUT2D eigenvalue weighted by molar-refractivity contribution is -0.0358. The van der Waals surface area contributed by atoms with Crippen molar-refractivity contribution in [3.63, 3.8) is 0 Å². The summed E-state index contributed by atoms with van der Waals surface area (Å²) < 4.78 is 26.0. The summed E-state index contributed by atoms with van der Waals surface area (Å²) in [6, 6.07) is 3.90. The molecule has 0 unspecified atom stereocenters. The van der Waals surface area contributed by atoms with Crippen LogP contribution in [0.25, 0.3) is 5.52 Å². The highest BCUT2D eigenvalue weighted by Gasteiger charge is 2.52. The van der Waals surface area contributed by atoms with E-state index in [0.29, 0.717) is 42.0 Å². The van der Waals surface area contributed by atoms with Crippen molar-refractivity contribution >= 4 is 24.1 Å². The minimum atomic E-state index is -0.683. The van der Waals surface area contributed by atoms with Crippen LogP contribution in [0.4, 0.5) is 4.79 Å². The number of hydrogen-bond acceptors (Lipinski definition) is 7. The zero-order valence-electron chi connectivity index (χ0n) is 21.5. The first-order valence-corrected chi connectivity index (χ1v) is 11.9. The van der Waals surface area contributed by atoms with Gasteiger partial charge in [0.15, 0.2) is 0 Å². The zero-order valence-corrected chi connectivity index (χ0v) is 21.5. The van der Waals surface area contributed by atoms with Crippen molar-refractivity contribution in [2.45, 2.75) is 71.3 Å². The van der Waals surface area contributed by atoms with Crippen LogP contribution in [0.1, 0.15) is 54.0 Å². The van der Waals surface area contributed by atoms with Crippen molar-refractivity contribution in [2.75, 3.05) is 26.3 Å². The first-order chi connectivity index (χ1) is 16.3. The highest BCUT2D eigenvalue weighted by molar-refractivity contribution is 6.64. The minimum Gasteiger partial charge on any atom is -0.489 e. The maximum absolute atomic E-state index is 12.6. The number of urea groups is 1. The summed E-state index contributed by atoms with van der Waals surface area (Å²) >= 11 is 0. The fourth-order valence-electron chi connectivity index (χ4n) is 4.03. The Kier molecular flexibility index (Phi) is 6.51. The predicted octanol–water partition coefficient (Wildman–Crippen LogP) is 2.09. The van der Waals surface area contributed by atoms with E-state index in [2.05, 4.69) is 16.5 Å². The van der Waals surface area contributed by atoms with E-state index in [0.717, 1.165) is 0 Å². The second-order valence-electron chi connectivity index (χ2n) is 11.1. The summed E-state index contributed by atoms with van der Waals surface area (Å²) in [5.41, 5.74) is 0.337. The van der Waals surface area contributed by atoms with Crippen LogP contribution in [0.15, 0.2) is 18.5 Å². The van der Waals surface area contributed by atoms with Crippen LogP contribution in [0.5, 0.6) is 5.75 Å². The molecule has 2 aromatic heterocycles. The number of fused-ring (bicyclic) bond motifs is 1. The van der Waals surface area contributed by atoms with Gasteiger partial charge in [-0.15, -0.1) is 0 Å². The lowest BCUT2D eigenvalue weighted by atomic mass is 9.78. The molecule has 2 amide bonds. The monoisotopic (exact) mass is 483 g/mol. The van der Waals surface area contributed by atoms with Crippen molar-refractivity contribution in [3.05, 3.63) is 24.0 Å². The molecule has 188 valence electrons. The summed E-state index contributed by atoms with van der Waals surface area (Å²) in [4.78, 5) is 14.3. The molecule has 11 heteroatoms. The van der Waals surface area contributed by atoms with Crippen LogP contribution in [-0.4, -0.2) is 76.8 Å². The van der Waals surface area contributed by atoms with Gasteiger partial charge in [-0.05, 0) is 54.5 Å². The number of pyridine rings is 1. The summed E-state index contributed by atoms with van der Waals surface area (Å²) in [5, 5.41) is 16.9. The smallest absolute Gasteiger partial charge is 0.489 e. The van der Waals surface area contributed by atoms with E-state index in [-0.39, 0.29) is 24.3 Å². The van der Waals surface area contributed by atoms with E-state index in [1.807, 2.05) is 54.5 Å². The molecule has 1 atom stereocenters. The molecule has 2 aliphatic rings. The van der Waals surface area contributed by atoms with Crippen LogP contribution in [0.3, 0.4) is 0 Å². The first-order valence-electron chi connectivity index (χ1n) is 11.9. The Hall–Kier alpha value is -2.81. The van der Waals surface area contributed by atoms with E-state index < -0.39 is 18.3 Å². The molecule has 0 saturated carbocycles. The van der Waals surface area contributed by atoms with Crippen LogP contribution in [0, 0.1) is 11.3 Å². The average Bonchev–Trinajstić information content (AvgIpc) is 3.27. The number of ether oxygens (including phenoxy) is 2. The quantitative estimate of drug-likeness (QED) is 0.664. The standard InChI is InChI=1S/C24H34BN5O5/c1-22(2,3)28-21(31)29-8-9-32-18(13-29)15-33-17-10-19(20-16(11-26)12-27-30(20)14-17)25-34-23(4,5)24(6,7)35-25/h10,12,14,18H,8-9,13,15H2,1-7H3,(H,28,31)/t18-/m1/s1. The van der Waals surface area contributed by atoms with Gasteiger partial charge in [-0.2, -0.15) is 10.4 Å². The number of hydrogen-bond donors (Lipinski definition) is 1. The molecular formula is C24H34BN5O5. The van der Waals surface area contributed by atoms with E-state index in [9.17, 15) is 10.1 Å². The van der Waals surface area contributed by atoms with E-state index >= 15 is 0 Å². The van der Waals surface area contributed by atoms with Crippen LogP contribution >= 0.6 is 0 Å². The Bertz CT molecular complexity index is 1130. The third kappa shape index (κ3) is 5.25. The van der Waals surface area contributed by atoms with Gasteiger partial charge in [0.1, 0.15) is 24.5 Å². The number of carbonyl (C=O) groups is 1. The Labute approximate surface area is 206 Å². The third-order valence-electron chi connectivity index (χ3n) is 6.59. The molecule has 2 aliphatic heterocycles. The second-order valence-corrected chi connectivity index (χ2v) is 11.1. The zero-order chi connectivity index (χ0) is 25.6. The lowest BCUT2D eigenvalue weighted by Crippen LogP contribution is -2.54. The summed E-state index contributed by atoms with van der Waals surface area (Å²) in [6.07, 6.45) is 2.96. The summed E-state index contributed by atoms with van der Waals surface area (Å²) in [5.74, 6) is 0.537. The van der Waals surface area contributed by atoms with Gasteiger partial charge in [0.25, 0.3) is 0 Å². The van der Waals surface area contributed by atoms with Gasteiger partial charge in [-0.1, -0.05) is 0 Å². The predicted molar refractivity (Wildman–Crippen MR) is 131 cm³/mol. The Morgan fingerprint density at radius 3 is 2.63 bits per heavy atom. The minimum absolute atomic E-state index is 0.115. The van der Waals surface area contributed by atoms with Gasteiger partial charge in [-0.3, -0.25) is 0 Å². The number of morpholine rings is 1. The number of nitrogens with one attached hydrogen (secondary N) is 1. The van der Waals surface area contributed by atoms with Gasteiger partial charge in [0, 0.05) is 17.5 Å². The molecular weight excluding hydrogens is 449 g/mol. The molecule has 0 radical (unpaired) electrons. The number of rotatable bonds is 4. The lowest BCUT2D eigenvalue weighted by Gasteiger charge is -2.34. The molecule has 0 bridgehead atoms. The fourth-order valence-corrected chi connectivity index (χ4v) is 4.03. The summed E-state index contributed by atoms with van der Waals surface area (Å²) in [6.45, 7) is 15.4. The molecule has 2 saturated heterocycles. The van der Waals surface area contributed by atoms with Gasteiger partial charge < -0.3 is 29.0 Å². The molecule has 35 heavy (non-hydrogen) atoms. The number of carbonyl (C=O) groups excluding carboxylic acids is 1. The van der Waals surface area contributed by atoms with Crippen LogP contribution in [-0.2, 0) is 14.0 Å². The van der Waals surface area contributed by atoms with E-state index in [4.69, 9.17) is 18.8 Å². The van der Waals surface area contributed by atoms with Crippen molar-refractivity contribution < 1.29 is 23.6 Å². The Balaban J connectivity index is 1.53. The number of amides is 2. The maximum Gasteiger partial charge on any atom is 0.497 e.